The molecule has 0 bridgehead atoms. The molecule has 3 N–H and O–H groups in total. The van der Waals surface area contributed by atoms with Gasteiger partial charge < -0.3 is 10.4 Å². The van der Waals surface area contributed by atoms with Gasteiger partial charge in [0.2, 0.25) is 15.9 Å². The van der Waals surface area contributed by atoms with Crippen LogP contribution in [0.15, 0.2) is 0 Å². The van der Waals surface area contributed by atoms with E-state index in [9.17, 15) is 18.0 Å². The van der Waals surface area contributed by atoms with Crippen molar-refractivity contribution in [2.45, 2.75) is 13.3 Å². The number of amides is 1. The molecule has 0 aliphatic heterocycles. The Morgan fingerprint density at radius 2 is 1.93 bits per heavy atom. The van der Waals surface area contributed by atoms with Crippen molar-refractivity contribution in [3.8, 4) is 0 Å². The highest BCUT2D eigenvalue weighted by Crippen LogP contribution is 1.85. The molecule has 0 saturated heterocycles. The number of carbonyl (C=O) groups is 2. The summed E-state index contributed by atoms with van der Waals surface area (Å²) in [7, 11) is -3.82. The van der Waals surface area contributed by atoms with Gasteiger partial charge in [-0.15, -0.1) is 0 Å². The van der Waals surface area contributed by atoms with Crippen LogP contribution in [0.25, 0.3) is 0 Å². The maximum absolute atomic E-state index is 11.0. The van der Waals surface area contributed by atoms with Crippen molar-refractivity contribution in [3.63, 3.8) is 0 Å². The first kappa shape index (κ1) is 13.8. The van der Waals surface area contributed by atoms with E-state index in [-0.39, 0.29) is 18.9 Å². The molecule has 0 aliphatic carbocycles. The molecule has 88 valence electrons. The van der Waals surface area contributed by atoms with Gasteiger partial charge in [0.15, 0.2) is 5.75 Å². The zero-order valence-corrected chi connectivity index (χ0v) is 9.13. The van der Waals surface area contributed by atoms with Crippen LogP contribution < -0.4 is 10.0 Å². The van der Waals surface area contributed by atoms with E-state index >= 15 is 0 Å². The second-order valence-electron chi connectivity index (χ2n) is 2.75. The van der Waals surface area contributed by atoms with Crippen molar-refractivity contribution in [2.75, 3.05) is 18.8 Å². The smallest absolute Gasteiger partial charge is 0.320 e. The zero-order valence-electron chi connectivity index (χ0n) is 8.32. The number of hydrogen-bond donors (Lipinski definition) is 3. The largest absolute Gasteiger partial charge is 0.480 e. The number of aliphatic carboxylic acids is 1. The van der Waals surface area contributed by atoms with E-state index in [0.29, 0.717) is 6.54 Å². The number of nitrogens with one attached hydrogen (secondary N) is 2. The molecule has 0 aliphatic rings. The maximum Gasteiger partial charge on any atom is 0.320 e. The lowest BCUT2D eigenvalue weighted by Crippen LogP contribution is -2.33. The van der Waals surface area contributed by atoms with E-state index < -0.39 is 21.7 Å². The number of carboxylic acid groups (broad SMARTS) is 1. The Morgan fingerprint density at radius 1 is 1.33 bits per heavy atom. The molecule has 8 heteroatoms. The molecule has 1 amide bonds. The first-order valence-corrected chi connectivity index (χ1v) is 5.98. The van der Waals surface area contributed by atoms with Crippen LogP contribution in [0, 0.1) is 0 Å². The van der Waals surface area contributed by atoms with Crippen LogP contribution >= 0.6 is 0 Å². The quantitative estimate of drug-likeness (QED) is 0.500. The summed E-state index contributed by atoms with van der Waals surface area (Å²) in [4.78, 5) is 21.0. The van der Waals surface area contributed by atoms with Crippen LogP contribution in [-0.2, 0) is 19.6 Å². The average Bonchev–Trinajstić information content (AvgIpc) is 2.01. The normalized spacial score (nSPS) is 11.0. The summed E-state index contributed by atoms with van der Waals surface area (Å²) in [5.41, 5.74) is 0. The summed E-state index contributed by atoms with van der Waals surface area (Å²) >= 11 is 0. The summed E-state index contributed by atoms with van der Waals surface area (Å²) in [5.74, 6) is -2.70. The minimum Gasteiger partial charge on any atom is -0.480 e. The van der Waals surface area contributed by atoms with E-state index in [4.69, 9.17) is 5.11 Å². The molecule has 15 heavy (non-hydrogen) atoms. The predicted octanol–water partition coefficient (Wildman–Crippen LogP) is -1.48. The molecule has 0 heterocycles. The second-order valence-corrected chi connectivity index (χ2v) is 4.56. The molecule has 0 fully saturated rings. The third-order valence-corrected chi connectivity index (χ3v) is 2.63. The van der Waals surface area contributed by atoms with Gasteiger partial charge in [0.1, 0.15) is 0 Å². The summed E-state index contributed by atoms with van der Waals surface area (Å²) < 4.78 is 23.9. The molecule has 0 saturated carbocycles. The predicted molar refractivity (Wildman–Crippen MR) is 52.7 cm³/mol. The molecule has 7 nitrogen and oxygen atoms in total. The minimum atomic E-state index is -3.82. The fourth-order valence-corrected chi connectivity index (χ4v) is 1.66. The lowest BCUT2D eigenvalue weighted by atomic mass is 10.4. The summed E-state index contributed by atoms with van der Waals surface area (Å²) in [5, 5.41) is 10.7. The summed E-state index contributed by atoms with van der Waals surface area (Å²) in [6.45, 7) is 2.12. The van der Waals surface area contributed by atoms with Gasteiger partial charge in [0, 0.05) is 19.5 Å². The van der Waals surface area contributed by atoms with Crippen molar-refractivity contribution in [3.05, 3.63) is 0 Å². The van der Waals surface area contributed by atoms with Gasteiger partial charge in [-0.25, -0.2) is 13.1 Å². The number of hydrogen-bond acceptors (Lipinski definition) is 4. The lowest BCUT2D eigenvalue weighted by molar-refractivity contribution is -0.134. The monoisotopic (exact) mass is 238 g/mol. The van der Waals surface area contributed by atoms with Crippen molar-refractivity contribution in [2.24, 2.45) is 0 Å². The van der Waals surface area contributed by atoms with Gasteiger partial charge in [0.25, 0.3) is 0 Å². The third-order valence-electron chi connectivity index (χ3n) is 1.36. The molecule has 0 spiro atoms. The van der Waals surface area contributed by atoms with Crippen LogP contribution in [-0.4, -0.2) is 44.2 Å². The summed E-state index contributed by atoms with van der Waals surface area (Å²) in [6.07, 6.45) is -0.00725. The molecule has 0 aromatic carbocycles. The second kappa shape index (κ2) is 6.36. The van der Waals surface area contributed by atoms with E-state index in [1.807, 2.05) is 4.72 Å². The molecular weight excluding hydrogens is 224 g/mol. The highest BCUT2D eigenvalue weighted by atomic mass is 32.2. The van der Waals surface area contributed by atoms with Gasteiger partial charge in [-0.2, -0.15) is 0 Å². The Labute approximate surface area is 87.9 Å². The van der Waals surface area contributed by atoms with Crippen molar-refractivity contribution in [1.82, 2.24) is 10.0 Å². The standard InChI is InChI=1S/C7H14N2O5S/c1-2-8-6(10)3-4-9-15(13,14)5-7(11)12/h9H,2-5H2,1H3,(H,8,10)(H,11,12). The molecule has 0 unspecified atom stereocenters. The number of carbonyl (C=O) groups excluding carboxylic acids is 1. The van der Waals surface area contributed by atoms with Crippen LogP contribution in [0.4, 0.5) is 0 Å². The fourth-order valence-electron chi connectivity index (χ4n) is 0.819. The Morgan fingerprint density at radius 3 is 2.40 bits per heavy atom. The first-order valence-electron chi connectivity index (χ1n) is 4.33. The highest BCUT2D eigenvalue weighted by Gasteiger charge is 2.14. The fraction of sp³-hybridized carbons (Fsp3) is 0.714. The number of carboxylic acids is 1. The molecule has 0 rings (SSSR count). The van der Waals surface area contributed by atoms with E-state index in [0.717, 1.165) is 0 Å². The van der Waals surface area contributed by atoms with Crippen LogP contribution in [0.2, 0.25) is 0 Å². The van der Waals surface area contributed by atoms with Crippen LogP contribution in [0.3, 0.4) is 0 Å². The highest BCUT2D eigenvalue weighted by molar-refractivity contribution is 7.90. The van der Waals surface area contributed by atoms with Gasteiger partial charge in [0.05, 0.1) is 0 Å². The van der Waals surface area contributed by atoms with Crippen molar-refractivity contribution < 1.29 is 23.1 Å². The maximum atomic E-state index is 11.0. The van der Waals surface area contributed by atoms with E-state index in [1.165, 1.54) is 0 Å². The Bertz CT molecular complexity index is 324. The van der Waals surface area contributed by atoms with Gasteiger partial charge >= 0.3 is 5.97 Å². The number of sulfonamides is 1. The van der Waals surface area contributed by atoms with Crippen molar-refractivity contribution in [1.29, 1.82) is 0 Å². The summed E-state index contributed by atoms with van der Waals surface area (Å²) in [6, 6.07) is 0. The average molecular weight is 238 g/mol. The van der Waals surface area contributed by atoms with Crippen molar-refractivity contribution >= 4 is 21.9 Å². The van der Waals surface area contributed by atoms with E-state index in [2.05, 4.69) is 5.32 Å². The first-order chi connectivity index (χ1) is 6.87. The molecular formula is C7H14N2O5S. The van der Waals surface area contributed by atoms with E-state index in [1.54, 1.807) is 6.92 Å². The Hall–Kier alpha value is -1.15. The lowest BCUT2D eigenvalue weighted by Gasteiger charge is -2.04. The Kier molecular flexibility index (Phi) is 5.87. The van der Waals surface area contributed by atoms with Gasteiger partial charge in [-0.3, -0.25) is 9.59 Å². The van der Waals surface area contributed by atoms with Gasteiger partial charge in [-0.05, 0) is 6.92 Å². The molecule has 0 aromatic rings. The molecule has 0 aromatic heterocycles. The zero-order chi connectivity index (χ0) is 11.9. The minimum absolute atomic E-state index is 0.00725. The van der Waals surface area contributed by atoms with Crippen LogP contribution in [0.5, 0.6) is 0 Å². The molecule has 0 atom stereocenters. The Balaban J connectivity index is 3.85. The third kappa shape index (κ3) is 7.89. The van der Waals surface area contributed by atoms with Gasteiger partial charge in [-0.1, -0.05) is 0 Å². The SMILES string of the molecule is CCNC(=O)CCNS(=O)(=O)CC(=O)O. The number of rotatable bonds is 7. The topological polar surface area (TPSA) is 113 Å². The molecule has 0 radical (unpaired) electrons. The van der Waals surface area contributed by atoms with Crippen LogP contribution in [0.1, 0.15) is 13.3 Å².